The Morgan fingerprint density at radius 3 is 2.42 bits per heavy atom. The minimum absolute atomic E-state index is 0.151. The van der Waals surface area contributed by atoms with E-state index in [1.165, 1.54) is 76.3 Å². The van der Waals surface area contributed by atoms with E-state index in [4.69, 9.17) is 9.47 Å². The maximum atomic E-state index is 14.6. The third kappa shape index (κ3) is 6.50. The predicted octanol–water partition coefficient (Wildman–Crippen LogP) is 8.65. The standard InChI is InChI=1S/C31H44F2O3/c1-3-5-8-21-11-13-22(14-12-21)23-15-16-25-24(20-23)9-7-10-26(25)31(34)36-28-18-17-27(29(32)30(28)33)35-19-6-4-2/h4,6,17-18,21-26H,3,5,7-16,19-20H2,1-2H3/b6-4+. The number of benzene rings is 1. The van der Waals surface area contributed by atoms with E-state index in [0.717, 1.165) is 37.0 Å². The second-order valence-electron chi connectivity index (χ2n) is 11.4. The van der Waals surface area contributed by atoms with Crippen LogP contribution in [-0.4, -0.2) is 12.6 Å². The summed E-state index contributed by atoms with van der Waals surface area (Å²) in [6.07, 6.45) is 19.5. The largest absolute Gasteiger partial charge is 0.486 e. The van der Waals surface area contributed by atoms with Crippen LogP contribution in [0.3, 0.4) is 0 Å². The first kappa shape index (κ1) is 27.1. The van der Waals surface area contributed by atoms with Crippen molar-refractivity contribution in [1.82, 2.24) is 0 Å². The van der Waals surface area contributed by atoms with E-state index in [0.29, 0.717) is 11.8 Å². The minimum atomic E-state index is -1.16. The molecule has 5 heteroatoms. The quantitative estimate of drug-likeness (QED) is 0.193. The van der Waals surface area contributed by atoms with Gasteiger partial charge in [0.25, 0.3) is 0 Å². The van der Waals surface area contributed by atoms with Crippen molar-refractivity contribution in [1.29, 1.82) is 0 Å². The summed E-state index contributed by atoms with van der Waals surface area (Å²) in [6, 6.07) is 2.63. The molecule has 0 saturated heterocycles. The topological polar surface area (TPSA) is 35.5 Å². The summed E-state index contributed by atoms with van der Waals surface area (Å²) in [5.74, 6) is 0.0112. The number of rotatable bonds is 9. The van der Waals surface area contributed by atoms with Crippen LogP contribution < -0.4 is 9.47 Å². The van der Waals surface area contributed by atoms with Crippen molar-refractivity contribution in [2.24, 2.45) is 35.5 Å². The fraction of sp³-hybridized carbons (Fsp3) is 0.710. The predicted molar refractivity (Wildman–Crippen MR) is 139 cm³/mol. The lowest BCUT2D eigenvalue weighted by Crippen LogP contribution is -2.40. The van der Waals surface area contributed by atoms with E-state index in [2.05, 4.69) is 6.92 Å². The molecule has 3 aliphatic carbocycles. The number of esters is 1. The molecule has 1 aromatic rings. The summed E-state index contributed by atoms with van der Waals surface area (Å²) >= 11 is 0. The molecule has 0 heterocycles. The summed E-state index contributed by atoms with van der Waals surface area (Å²) in [4.78, 5) is 13.1. The molecule has 4 unspecified atom stereocenters. The Morgan fingerprint density at radius 2 is 1.67 bits per heavy atom. The summed E-state index contributed by atoms with van der Waals surface area (Å²) in [6.45, 7) is 4.26. The van der Waals surface area contributed by atoms with Crippen LogP contribution in [0.15, 0.2) is 24.3 Å². The van der Waals surface area contributed by atoms with E-state index in [1.807, 2.05) is 6.92 Å². The molecule has 0 aromatic heterocycles. The highest BCUT2D eigenvalue weighted by atomic mass is 19.2. The second kappa shape index (κ2) is 13.1. The van der Waals surface area contributed by atoms with Crippen LogP contribution >= 0.6 is 0 Å². The van der Waals surface area contributed by atoms with Crippen LogP contribution in [0.4, 0.5) is 8.78 Å². The summed E-state index contributed by atoms with van der Waals surface area (Å²) < 4.78 is 39.8. The van der Waals surface area contributed by atoms with E-state index in [1.54, 1.807) is 12.2 Å². The Labute approximate surface area is 216 Å². The van der Waals surface area contributed by atoms with Crippen LogP contribution in [0.5, 0.6) is 11.5 Å². The number of halogens is 2. The highest BCUT2D eigenvalue weighted by Gasteiger charge is 2.43. The summed E-state index contributed by atoms with van der Waals surface area (Å²) in [5, 5.41) is 0. The van der Waals surface area contributed by atoms with Gasteiger partial charge in [-0.15, -0.1) is 0 Å². The van der Waals surface area contributed by atoms with Gasteiger partial charge in [0.2, 0.25) is 11.6 Å². The Hall–Kier alpha value is -1.91. The van der Waals surface area contributed by atoms with Gasteiger partial charge in [-0.2, -0.15) is 8.78 Å². The molecule has 1 aromatic carbocycles. The van der Waals surface area contributed by atoms with Gasteiger partial charge in [0.15, 0.2) is 11.5 Å². The molecule has 0 amide bonds. The van der Waals surface area contributed by atoms with E-state index < -0.39 is 17.6 Å². The lowest BCUT2D eigenvalue weighted by molar-refractivity contribution is -0.144. The monoisotopic (exact) mass is 502 g/mol. The minimum Gasteiger partial charge on any atom is -0.486 e. The highest BCUT2D eigenvalue weighted by molar-refractivity contribution is 5.75. The highest BCUT2D eigenvalue weighted by Crippen LogP contribution is 2.50. The molecule has 0 spiro atoms. The van der Waals surface area contributed by atoms with Crippen molar-refractivity contribution < 1.29 is 23.0 Å². The Morgan fingerprint density at radius 1 is 0.944 bits per heavy atom. The average molecular weight is 503 g/mol. The second-order valence-corrected chi connectivity index (χ2v) is 11.4. The van der Waals surface area contributed by atoms with E-state index >= 15 is 0 Å². The molecule has 200 valence electrons. The molecule has 3 fully saturated rings. The number of hydrogen-bond acceptors (Lipinski definition) is 3. The maximum absolute atomic E-state index is 14.6. The van der Waals surface area contributed by atoms with Gasteiger partial charge in [0.1, 0.15) is 6.61 Å². The molecule has 0 aliphatic heterocycles. The van der Waals surface area contributed by atoms with Crippen molar-refractivity contribution in [3.63, 3.8) is 0 Å². The van der Waals surface area contributed by atoms with Gasteiger partial charge in [-0.1, -0.05) is 64.0 Å². The normalized spacial score (nSPS) is 30.7. The van der Waals surface area contributed by atoms with Gasteiger partial charge in [-0.05, 0) is 87.2 Å². The van der Waals surface area contributed by atoms with Crippen LogP contribution in [0.2, 0.25) is 0 Å². The fourth-order valence-corrected chi connectivity index (χ4v) is 7.28. The van der Waals surface area contributed by atoms with Crippen LogP contribution in [-0.2, 0) is 4.79 Å². The first-order chi connectivity index (χ1) is 17.5. The zero-order valence-electron chi connectivity index (χ0n) is 22.2. The number of carbonyl (C=O) groups excluding carboxylic acids is 1. The van der Waals surface area contributed by atoms with Crippen molar-refractivity contribution in [2.45, 2.75) is 97.3 Å². The van der Waals surface area contributed by atoms with Crippen molar-refractivity contribution in [3.8, 4) is 11.5 Å². The number of allylic oxidation sites excluding steroid dienone is 1. The lowest BCUT2D eigenvalue weighted by Gasteiger charge is -2.46. The summed E-state index contributed by atoms with van der Waals surface area (Å²) in [7, 11) is 0. The van der Waals surface area contributed by atoms with Crippen LogP contribution in [0.1, 0.15) is 97.3 Å². The first-order valence-electron chi connectivity index (χ1n) is 14.4. The third-order valence-corrected chi connectivity index (χ3v) is 9.31. The Bertz CT molecular complexity index is 890. The van der Waals surface area contributed by atoms with Gasteiger partial charge in [0, 0.05) is 0 Å². The zero-order chi connectivity index (χ0) is 25.5. The molecule has 3 saturated carbocycles. The first-order valence-corrected chi connectivity index (χ1v) is 14.4. The SMILES string of the molecule is C/C=C/COc1ccc(OC(=O)C2CCCC3CC(C4CCC(CCCC)CC4)CCC32)c(F)c1F. The lowest BCUT2D eigenvalue weighted by atomic mass is 9.59. The van der Waals surface area contributed by atoms with Crippen molar-refractivity contribution in [3.05, 3.63) is 35.9 Å². The Kier molecular flexibility index (Phi) is 9.84. The zero-order valence-corrected chi connectivity index (χ0v) is 22.2. The molecule has 0 radical (unpaired) electrons. The Balaban J connectivity index is 1.32. The van der Waals surface area contributed by atoms with Crippen molar-refractivity contribution in [2.75, 3.05) is 6.61 Å². The van der Waals surface area contributed by atoms with Gasteiger partial charge in [0.05, 0.1) is 5.92 Å². The molecular weight excluding hydrogens is 458 g/mol. The number of ether oxygens (including phenoxy) is 2. The smallest absolute Gasteiger partial charge is 0.314 e. The molecule has 3 nitrogen and oxygen atoms in total. The third-order valence-electron chi connectivity index (χ3n) is 9.31. The molecular formula is C31H44F2O3. The van der Waals surface area contributed by atoms with Gasteiger partial charge < -0.3 is 9.47 Å². The number of fused-ring (bicyclic) bond motifs is 1. The van der Waals surface area contributed by atoms with Gasteiger partial charge in [-0.25, -0.2) is 0 Å². The summed E-state index contributed by atoms with van der Waals surface area (Å²) in [5.41, 5.74) is 0. The van der Waals surface area contributed by atoms with Crippen molar-refractivity contribution >= 4 is 5.97 Å². The maximum Gasteiger partial charge on any atom is 0.314 e. The molecule has 0 bridgehead atoms. The van der Waals surface area contributed by atoms with Gasteiger partial charge >= 0.3 is 5.97 Å². The van der Waals surface area contributed by atoms with Crippen LogP contribution in [0, 0.1) is 47.1 Å². The molecule has 3 aliphatic rings. The molecule has 4 atom stereocenters. The number of unbranched alkanes of at least 4 members (excludes halogenated alkanes) is 1. The van der Waals surface area contributed by atoms with E-state index in [9.17, 15) is 13.6 Å². The van der Waals surface area contributed by atoms with Crippen LogP contribution in [0.25, 0.3) is 0 Å². The number of carbonyl (C=O) groups is 1. The van der Waals surface area contributed by atoms with Gasteiger partial charge in [-0.3, -0.25) is 4.79 Å². The molecule has 36 heavy (non-hydrogen) atoms. The van der Waals surface area contributed by atoms with E-state index in [-0.39, 0.29) is 24.0 Å². The average Bonchev–Trinajstić information content (AvgIpc) is 2.91. The fourth-order valence-electron chi connectivity index (χ4n) is 7.28. The number of hydrogen-bond donors (Lipinski definition) is 0. The molecule has 4 rings (SSSR count). The molecule has 0 N–H and O–H groups in total.